The number of benzene rings is 2. The molecular formula is C31H38Cl2N4O3. The maximum absolute atomic E-state index is 13.4. The zero-order valence-electron chi connectivity index (χ0n) is 23.9. The third kappa shape index (κ3) is 5.68. The van der Waals surface area contributed by atoms with Crippen molar-refractivity contribution < 1.29 is 14.3 Å². The summed E-state index contributed by atoms with van der Waals surface area (Å²) < 4.78 is 7.90. The van der Waals surface area contributed by atoms with Gasteiger partial charge in [-0.05, 0) is 61.3 Å². The molecule has 40 heavy (non-hydrogen) atoms. The van der Waals surface area contributed by atoms with Crippen molar-refractivity contribution in [3.05, 3.63) is 56.8 Å². The van der Waals surface area contributed by atoms with E-state index in [1.165, 1.54) is 19.3 Å². The highest BCUT2D eigenvalue weighted by molar-refractivity contribution is 6.36. The fourth-order valence-electron chi connectivity index (χ4n) is 6.09. The predicted molar refractivity (Wildman–Crippen MR) is 159 cm³/mol. The number of imidazole rings is 1. The predicted octanol–water partition coefficient (Wildman–Crippen LogP) is 6.45. The molecule has 2 bridgehead atoms. The van der Waals surface area contributed by atoms with Gasteiger partial charge in [0.25, 0.3) is 5.91 Å². The molecule has 3 atom stereocenters. The van der Waals surface area contributed by atoms with Gasteiger partial charge in [-0.1, -0.05) is 56.5 Å². The smallest absolute Gasteiger partial charge is 0.255 e. The van der Waals surface area contributed by atoms with Crippen LogP contribution in [0.25, 0.3) is 11.0 Å². The fourth-order valence-corrected chi connectivity index (χ4v) is 6.66. The normalized spacial score (nSPS) is 20.2. The zero-order chi connectivity index (χ0) is 28.8. The van der Waals surface area contributed by atoms with Crippen LogP contribution in [0.5, 0.6) is 5.75 Å². The summed E-state index contributed by atoms with van der Waals surface area (Å²) in [5, 5.41) is 7.28. The van der Waals surface area contributed by atoms with Crippen molar-refractivity contribution in [2.75, 3.05) is 6.61 Å². The Morgan fingerprint density at radius 2 is 1.93 bits per heavy atom. The number of hydrogen-bond acceptors (Lipinski definition) is 4. The van der Waals surface area contributed by atoms with Crippen molar-refractivity contribution in [3.63, 3.8) is 0 Å². The molecular weight excluding hydrogens is 547 g/mol. The highest BCUT2D eigenvalue weighted by Crippen LogP contribution is 2.44. The van der Waals surface area contributed by atoms with E-state index in [1.54, 1.807) is 6.07 Å². The van der Waals surface area contributed by atoms with Gasteiger partial charge in [0.15, 0.2) is 0 Å². The number of rotatable bonds is 8. The molecule has 1 heterocycles. The van der Waals surface area contributed by atoms with E-state index in [0.29, 0.717) is 52.4 Å². The molecule has 2 saturated carbocycles. The van der Waals surface area contributed by atoms with Gasteiger partial charge in [0.2, 0.25) is 5.91 Å². The lowest BCUT2D eigenvalue weighted by Crippen LogP contribution is -2.38. The van der Waals surface area contributed by atoms with E-state index >= 15 is 0 Å². The molecule has 9 heteroatoms. The van der Waals surface area contributed by atoms with Gasteiger partial charge in [-0.15, -0.1) is 0 Å². The number of halogens is 2. The van der Waals surface area contributed by atoms with Crippen molar-refractivity contribution in [1.29, 1.82) is 0 Å². The van der Waals surface area contributed by atoms with E-state index in [-0.39, 0.29) is 17.9 Å². The topological polar surface area (TPSA) is 85.2 Å². The second-order valence-corrected chi connectivity index (χ2v) is 13.0. The number of nitrogens with zero attached hydrogens (tertiary/aromatic N) is 2. The Kier molecular flexibility index (Phi) is 8.08. The van der Waals surface area contributed by atoms with Crippen LogP contribution in [0, 0.1) is 17.3 Å². The quantitative estimate of drug-likeness (QED) is 0.318. The number of hydrogen-bond donors (Lipinski definition) is 2. The summed E-state index contributed by atoms with van der Waals surface area (Å²) in [5.74, 6) is 2.48. The highest BCUT2D eigenvalue weighted by atomic mass is 35.5. The minimum atomic E-state index is -0.498. The van der Waals surface area contributed by atoms with E-state index in [0.717, 1.165) is 34.8 Å². The molecule has 2 N–H and O–H groups in total. The van der Waals surface area contributed by atoms with Crippen molar-refractivity contribution in [1.82, 2.24) is 20.2 Å². The lowest BCUT2D eigenvalue weighted by Gasteiger charge is -2.23. The van der Waals surface area contributed by atoms with E-state index in [9.17, 15) is 9.59 Å². The average Bonchev–Trinajstić information content (AvgIpc) is 3.60. The van der Waals surface area contributed by atoms with Crippen LogP contribution in [0.3, 0.4) is 0 Å². The summed E-state index contributed by atoms with van der Waals surface area (Å²) in [6.07, 6.45) is 5.16. The number of nitrogens with one attached hydrogen (secondary N) is 2. The molecule has 1 aromatic heterocycles. The first-order chi connectivity index (χ1) is 19.0. The van der Waals surface area contributed by atoms with Gasteiger partial charge in [0.05, 0.1) is 28.2 Å². The molecule has 2 aromatic carbocycles. The largest absolute Gasteiger partial charge is 0.493 e. The van der Waals surface area contributed by atoms with Crippen LogP contribution in [0.15, 0.2) is 24.3 Å². The van der Waals surface area contributed by atoms with Crippen molar-refractivity contribution >= 4 is 46.0 Å². The summed E-state index contributed by atoms with van der Waals surface area (Å²) in [7, 11) is 1.94. The Balaban J connectivity index is 1.42. The monoisotopic (exact) mass is 584 g/mol. The lowest BCUT2D eigenvalue weighted by molar-refractivity contribution is -0.128. The Labute approximate surface area is 246 Å². The number of ether oxygens (including phenoxy) is 1. The van der Waals surface area contributed by atoms with Gasteiger partial charge in [0.1, 0.15) is 11.6 Å². The maximum atomic E-state index is 13.4. The minimum absolute atomic E-state index is 0.0548. The zero-order valence-corrected chi connectivity index (χ0v) is 25.4. The Bertz CT molecular complexity index is 1460. The van der Waals surface area contributed by atoms with Crippen LogP contribution in [-0.2, 0) is 24.8 Å². The number of aryl methyl sites for hydroxylation is 1. The summed E-state index contributed by atoms with van der Waals surface area (Å²) in [6.45, 7) is 8.28. The minimum Gasteiger partial charge on any atom is -0.493 e. The van der Waals surface area contributed by atoms with Gasteiger partial charge in [-0.25, -0.2) is 4.98 Å². The first kappa shape index (κ1) is 28.7. The van der Waals surface area contributed by atoms with Gasteiger partial charge in [-0.2, -0.15) is 0 Å². The number of carbonyl (C=O) groups is 2. The van der Waals surface area contributed by atoms with Crippen molar-refractivity contribution in [3.8, 4) is 5.75 Å². The molecule has 2 fully saturated rings. The number of fused-ring (bicyclic) bond motifs is 3. The van der Waals surface area contributed by atoms with Gasteiger partial charge < -0.3 is 19.9 Å². The molecule has 2 amide bonds. The Morgan fingerprint density at radius 3 is 2.58 bits per heavy atom. The third-order valence-corrected chi connectivity index (χ3v) is 9.22. The van der Waals surface area contributed by atoms with E-state index in [1.807, 2.05) is 57.5 Å². The Morgan fingerprint density at radius 1 is 1.15 bits per heavy atom. The summed E-state index contributed by atoms with van der Waals surface area (Å²) in [5.41, 5.74) is 3.10. The van der Waals surface area contributed by atoms with E-state index in [4.69, 9.17) is 32.9 Å². The molecule has 5 rings (SSSR count). The van der Waals surface area contributed by atoms with E-state index in [2.05, 4.69) is 10.6 Å². The van der Waals surface area contributed by atoms with Crippen LogP contribution >= 0.6 is 23.2 Å². The van der Waals surface area contributed by atoms with Gasteiger partial charge in [-0.3, -0.25) is 9.59 Å². The molecule has 0 aliphatic heterocycles. The molecule has 7 nitrogen and oxygen atoms in total. The van der Waals surface area contributed by atoms with Crippen LogP contribution in [-0.4, -0.2) is 34.0 Å². The van der Waals surface area contributed by atoms with Crippen LogP contribution in [0.1, 0.15) is 80.7 Å². The van der Waals surface area contributed by atoms with Crippen LogP contribution in [0.2, 0.25) is 10.0 Å². The summed E-state index contributed by atoms with van der Waals surface area (Å²) in [6, 6.07) is 7.60. The average molecular weight is 586 g/mol. The molecule has 214 valence electrons. The second-order valence-electron chi connectivity index (χ2n) is 12.2. The van der Waals surface area contributed by atoms with Crippen LogP contribution in [0.4, 0.5) is 0 Å². The molecule has 2 aliphatic carbocycles. The molecule has 2 aliphatic rings. The van der Waals surface area contributed by atoms with Crippen LogP contribution < -0.4 is 15.4 Å². The van der Waals surface area contributed by atoms with E-state index < -0.39 is 5.41 Å². The Hall–Kier alpha value is -2.77. The second kappa shape index (κ2) is 11.2. The molecule has 0 spiro atoms. The van der Waals surface area contributed by atoms with Gasteiger partial charge in [0, 0.05) is 42.6 Å². The molecule has 3 unspecified atom stereocenters. The fraction of sp³-hybridized carbons (Fsp3) is 0.516. The first-order valence-corrected chi connectivity index (χ1v) is 14.9. The highest BCUT2D eigenvalue weighted by Gasteiger charge is 2.40. The van der Waals surface area contributed by atoms with Gasteiger partial charge >= 0.3 is 0 Å². The molecule has 0 saturated heterocycles. The number of aromatic nitrogens is 2. The molecule has 0 radical (unpaired) electrons. The third-order valence-electron chi connectivity index (χ3n) is 8.40. The first-order valence-electron chi connectivity index (χ1n) is 14.1. The number of amides is 2. The summed E-state index contributed by atoms with van der Waals surface area (Å²) in [4.78, 5) is 30.7. The number of carbonyl (C=O) groups excluding carboxylic acids is 2. The maximum Gasteiger partial charge on any atom is 0.255 e. The standard InChI is InChI=1S/C31H38Cl2N4O3/c1-6-40-26-15-25-24(13-21(26)29(38)36-23-12-17-7-8-18(23)11-17)35-27(37(25)5)14-20-22(32)10-9-19(28(20)33)16-34-30(39)31(2,3)4/h9-10,13,15,17-18,23H,6-8,11-12,14,16H2,1-5H3,(H,34,39)(H,36,38). The summed E-state index contributed by atoms with van der Waals surface area (Å²) >= 11 is 13.4. The SMILES string of the molecule is CCOc1cc2c(cc1C(=O)NC1CC3CCC1C3)nc(Cc1c(Cl)ccc(CNC(=O)C(C)(C)C)c1Cl)n2C. The van der Waals surface area contributed by atoms with Crippen molar-refractivity contribution in [2.45, 2.75) is 72.4 Å². The molecule has 3 aromatic rings. The van der Waals surface area contributed by atoms with Crippen molar-refractivity contribution in [2.24, 2.45) is 24.3 Å². The lowest BCUT2D eigenvalue weighted by atomic mass is 9.95.